The molecule has 2 N–H and O–H groups in total. The zero-order chi connectivity index (χ0) is 20.3. The van der Waals surface area contributed by atoms with E-state index in [-0.39, 0.29) is 30.1 Å². The van der Waals surface area contributed by atoms with Gasteiger partial charge in [0.25, 0.3) is 0 Å². The van der Waals surface area contributed by atoms with Crippen molar-refractivity contribution >= 4 is 11.9 Å². The van der Waals surface area contributed by atoms with Crippen molar-refractivity contribution in [3.05, 3.63) is 59.2 Å². The molecule has 0 aromatic heterocycles. The predicted molar refractivity (Wildman–Crippen MR) is 104 cm³/mol. The highest BCUT2D eigenvalue weighted by Gasteiger charge is 2.36. The summed E-state index contributed by atoms with van der Waals surface area (Å²) in [4.78, 5) is 23.7. The average Bonchev–Trinajstić information content (AvgIpc) is 3.21. The second-order valence-electron chi connectivity index (χ2n) is 7.42. The summed E-state index contributed by atoms with van der Waals surface area (Å²) in [7, 11) is 0. The van der Waals surface area contributed by atoms with Gasteiger partial charge in [-0.05, 0) is 48.2 Å². The van der Waals surface area contributed by atoms with Gasteiger partial charge in [0.1, 0.15) is 0 Å². The quantitative estimate of drug-likeness (QED) is 0.778. The Balaban J connectivity index is 1.47. The number of aromatic carboxylic acids is 1. The molecule has 0 radical (unpaired) electrons. The third-order valence-electron chi connectivity index (χ3n) is 5.60. The number of rotatable bonds is 6. The van der Waals surface area contributed by atoms with Crippen LogP contribution >= 0.6 is 0 Å². The molecule has 2 aliphatic heterocycles. The minimum atomic E-state index is -1.00. The fourth-order valence-corrected chi connectivity index (χ4v) is 3.89. The van der Waals surface area contributed by atoms with Gasteiger partial charge >= 0.3 is 5.97 Å². The molecule has 7 heteroatoms. The van der Waals surface area contributed by atoms with E-state index in [1.807, 2.05) is 18.2 Å². The molecule has 0 atom stereocenters. The fraction of sp³-hybridized carbons (Fsp3) is 0.364. The first-order valence-electron chi connectivity index (χ1n) is 9.63. The molecule has 1 amide bonds. The number of ether oxygens (including phenoxy) is 3. The van der Waals surface area contributed by atoms with Gasteiger partial charge in [-0.3, -0.25) is 4.79 Å². The number of carbonyl (C=O) groups excluding carboxylic acids is 1. The molecule has 7 nitrogen and oxygen atoms in total. The van der Waals surface area contributed by atoms with Crippen LogP contribution in [0.25, 0.3) is 0 Å². The molecule has 152 valence electrons. The number of hydrogen-bond acceptors (Lipinski definition) is 5. The summed E-state index contributed by atoms with van der Waals surface area (Å²) in [6, 6.07) is 12.4. The number of benzene rings is 2. The van der Waals surface area contributed by atoms with Crippen molar-refractivity contribution in [3.63, 3.8) is 0 Å². The first-order chi connectivity index (χ1) is 14.1. The highest BCUT2D eigenvalue weighted by atomic mass is 16.7. The Hall–Kier alpha value is -3.06. The maximum Gasteiger partial charge on any atom is 0.335 e. The van der Waals surface area contributed by atoms with Crippen molar-refractivity contribution in [2.24, 2.45) is 0 Å². The summed E-state index contributed by atoms with van der Waals surface area (Å²) < 4.78 is 16.5. The molecule has 0 saturated carbocycles. The largest absolute Gasteiger partial charge is 0.478 e. The number of amides is 1. The molecular formula is C22H23NO6. The summed E-state index contributed by atoms with van der Waals surface area (Å²) in [5.74, 6) is 0.318. The van der Waals surface area contributed by atoms with Gasteiger partial charge in [0.15, 0.2) is 11.5 Å². The lowest BCUT2D eigenvalue weighted by molar-refractivity contribution is -0.121. The number of carboxylic acid groups (broad SMARTS) is 1. The van der Waals surface area contributed by atoms with Gasteiger partial charge in [0.2, 0.25) is 12.7 Å². The van der Waals surface area contributed by atoms with Crippen LogP contribution in [0.3, 0.4) is 0 Å². The standard InChI is InChI=1S/C22H23NO6/c24-20(11-15-2-1-3-16(10-15)21(25)26)23-13-22(6-8-27-9-7-22)17-4-5-18-19(12-17)29-14-28-18/h1-5,10,12H,6-9,11,13-14H2,(H,23,24)(H,25,26). The molecule has 2 aromatic carbocycles. The maximum atomic E-state index is 12.6. The fourth-order valence-electron chi connectivity index (χ4n) is 3.89. The van der Waals surface area contributed by atoms with E-state index in [1.54, 1.807) is 12.1 Å². The minimum absolute atomic E-state index is 0.134. The van der Waals surface area contributed by atoms with Crippen LogP contribution < -0.4 is 14.8 Å². The molecule has 0 spiro atoms. The van der Waals surface area contributed by atoms with E-state index < -0.39 is 5.97 Å². The SMILES string of the molecule is O=C(Cc1cccc(C(=O)O)c1)NCC1(c2ccc3c(c2)OCO3)CCOCC1. The molecule has 29 heavy (non-hydrogen) atoms. The highest BCUT2D eigenvalue weighted by Crippen LogP contribution is 2.40. The molecule has 1 saturated heterocycles. The zero-order valence-electron chi connectivity index (χ0n) is 16.0. The normalized spacial score (nSPS) is 17.0. The lowest BCUT2D eigenvalue weighted by Crippen LogP contribution is -2.45. The smallest absolute Gasteiger partial charge is 0.335 e. The molecule has 2 aliphatic rings. The Morgan fingerprint density at radius 2 is 1.83 bits per heavy atom. The molecule has 0 aliphatic carbocycles. The van der Waals surface area contributed by atoms with Gasteiger partial charge < -0.3 is 24.6 Å². The molecule has 1 fully saturated rings. The summed E-state index contributed by atoms with van der Waals surface area (Å²) in [5, 5.41) is 12.2. The number of hydrogen-bond donors (Lipinski definition) is 2. The number of carboxylic acids is 1. The molecule has 2 heterocycles. The van der Waals surface area contributed by atoms with Crippen molar-refractivity contribution in [2.75, 3.05) is 26.6 Å². The van der Waals surface area contributed by atoms with Crippen molar-refractivity contribution in [1.82, 2.24) is 5.32 Å². The Labute approximate surface area is 168 Å². The Morgan fingerprint density at radius 3 is 2.62 bits per heavy atom. The lowest BCUT2D eigenvalue weighted by atomic mass is 9.74. The second-order valence-corrected chi connectivity index (χ2v) is 7.42. The van der Waals surface area contributed by atoms with Crippen LogP contribution in [-0.2, 0) is 21.4 Å². The predicted octanol–water partition coefficient (Wildman–Crippen LogP) is 2.52. The number of nitrogens with one attached hydrogen (secondary N) is 1. The van der Waals surface area contributed by atoms with E-state index >= 15 is 0 Å². The van der Waals surface area contributed by atoms with Gasteiger partial charge in [0, 0.05) is 25.2 Å². The van der Waals surface area contributed by atoms with Crippen LogP contribution in [0.2, 0.25) is 0 Å². The van der Waals surface area contributed by atoms with E-state index in [2.05, 4.69) is 5.32 Å². The highest BCUT2D eigenvalue weighted by molar-refractivity contribution is 5.88. The molecular weight excluding hydrogens is 374 g/mol. The molecule has 0 bridgehead atoms. The topological polar surface area (TPSA) is 94.1 Å². The first kappa shape index (κ1) is 19.3. The summed E-state index contributed by atoms with van der Waals surface area (Å²) in [5.41, 5.74) is 1.71. The van der Waals surface area contributed by atoms with Gasteiger partial charge in [-0.2, -0.15) is 0 Å². The third kappa shape index (κ3) is 4.19. The lowest BCUT2D eigenvalue weighted by Gasteiger charge is -2.38. The Kier molecular flexibility index (Phi) is 5.40. The monoisotopic (exact) mass is 397 g/mol. The van der Waals surface area contributed by atoms with E-state index in [9.17, 15) is 9.59 Å². The number of fused-ring (bicyclic) bond motifs is 1. The van der Waals surface area contributed by atoms with Crippen molar-refractivity contribution in [3.8, 4) is 11.5 Å². The van der Waals surface area contributed by atoms with Crippen LogP contribution in [-0.4, -0.2) is 43.5 Å². The average molecular weight is 397 g/mol. The summed E-state index contributed by atoms with van der Waals surface area (Å²) >= 11 is 0. The van der Waals surface area contributed by atoms with Crippen molar-refractivity contribution in [1.29, 1.82) is 0 Å². The van der Waals surface area contributed by atoms with Crippen LogP contribution in [0.5, 0.6) is 11.5 Å². The van der Waals surface area contributed by atoms with Gasteiger partial charge in [0.05, 0.1) is 12.0 Å². The second kappa shape index (κ2) is 8.13. The van der Waals surface area contributed by atoms with E-state index in [1.165, 1.54) is 12.1 Å². The molecule has 0 unspecified atom stereocenters. The molecule has 4 rings (SSSR count). The van der Waals surface area contributed by atoms with Crippen molar-refractivity contribution in [2.45, 2.75) is 24.7 Å². The van der Waals surface area contributed by atoms with Crippen LogP contribution in [0.15, 0.2) is 42.5 Å². The Bertz CT molecular complexity index is 919. The summed E-state index contributed by atoms with van der Waals surface area (Å²) in [6.07, 6.45) is 1.72. The third-order valence-corrected chi connectivity index (χ3v) is 5.60. The van der Waals surface area contributed by atoms with E-state index in [0.717, 1.165) is 29.9 Å². The maximum absolute atomic E-state index is 12.6. The van der Waals surface area contributed by atoms with Gasteiger partial charge in [-0.1, -0.05) is 18.2 Å². The number of carbonyl (C=O) groups is 2. The Morgan fingerprint density at radius 1 is 1.03 bits per heavy atom. The van der Waals surface area contributed by atoms with E-state index in [0.29, 0.717) is 25.3 Å². The van der Waals surface area contributed by atoms with Crippen molar-refractivity contribution < 1.29 is 28.9 Å². The van der Waals surface area contributed by atoms with Crippen LogP contribution in [0, 0.1) is 0 Å². The zero-order valence-corrected chi connectivity index (χ0v) is 16.0. The van der Waals surface area contributed by atoms with Crippen LogP contribution in [0.1, 0.15) is 34.3 Å². The minimum Gasteiger partial charge on any atom is -0.478 e. The summed E-state index contributed by atoms with van der Waals surface area (Å²) in [6.45, 7) is 1.96. The first-order valence-corrected chi connectivity index (χ1v) is 9.63. The van der Waals surface area contributed by atoms with Gasteiger partial charge in [-0.15, -0.1) is 0 Å². The van der Waals surface area contributed by atoms with E-state index in [4.69, 9.17) is 19.3 Å². The van der Waals surface area contributed by atoms with Gasteiger partial charge in [-0.25, -0.2) is 4.79 Å². The van der Waals surface area contributed by atoms with Crippen LogP contribution in [0.4, 0.5) is 0 Å². The molecule has 2 aromatic rings.